The summed E-state index contributed by atoms with van der Waals surface area (Å²) in [6.07, 6.45) is 0.283. The van der Waals surface area contributed by atoms with Gasteiger partial charge in [-0.2, -0.15) is 0 Å². The number of carbonyl (C=O) groups excluding carboxylic acids is 4. The van der Waals surface area contributed by atoms with Gasteiger partial charge >= 0.3 is 18.0 Å². The first-order chi connectivity index (χ1) is 18.1. The largest absolute Gasteiger partial charge is 0.464 e. The number of rotatable bonds is 11. The fourth-order valence-electron chi connectivity index (χ4n) is 4.21. The zero-order valence-corrected chi connectivity index (χ0v) is 22.4. The number of ether oxygens (including phenoxy) is 3. The maximum Gasteiger partial charge on any atom is 0.407 e. The van der Waals surface area contributed by atoms with Crippen molar-refractivity contribution in [3.05, 3.63) is 59.7 Å². The molecule has 9 nitrogen and oxygen atoms in total. The highest BCUT2D eigenvalue weighted by Crippen LogP contribution is 2.44. The molecule has 2 N–H and O–H groups in total. The highest BCUT2D eigenvalue weighted by Gasteiger charge is 2.31. The van der Waals surface area contributed by atoms with Crippen molar-refractivity contribution in [2.24, 2.45) is 0 Å². The van der Waals surface area contributed by atoms with E-state index in [2.05, 4.69) is 10.6 Å². The number of hydrogen-bond donors (Lipinski definition) is 2. The minimum atomic E-state index is -1.30. The molecule has 38 heavy (non-hydrogen) atoms. The van der Waals surface area contributed by atoms with Crippen molar-refractivity contribution < 1.29 is 33.4 Å². The summed E-state index contributed by atoms with van der Waals surface area (Å²) < 4.78 is 15.9. The van der Waals surface area contributed by atoms with Crippen LogP contribution < -0.4 is 10.6 Å². The average Bonchev–Trinajstić information content (AvgIpc) is 3.18. The lowest BCUT2D eigenvalue weighted by Crippen LogP contribution is -2.49. The van der Waals surface area contributed by atoms with E-state index in [0.29, 0.717) is 6.42 Å². The lowest BCUT2D eigenvalue weighted by atomic mass is 9.98. The van der Waals surface area contributed by atoms with Crippen LogP contribution in [0.15, 0.2) is 48.5 Å². The van der Waals surface area contributed by atoms with Gasteiger partial charge in [-0.3, -0.25) is 14.4 Å². The third-order valence-corrected chi connectivity index (χ3v) is 5.91. The van der Waals surface area contributed by atoms with Crippen LogP contribution >= 0.6 is 0 Å². The van der Waals surface area contributed by atoms with Crippen LogP contribution in [0.25, 0.3) is 11.1 Å². The van der Waals surface area contributed by atoms with Crippen LogP contribution in [-0.2, 0) is 28.6 Å². The number of nitrogens with one attached hydrogen (secondary N) is 2. The molecule has 0 aromatic heterocycles. The lowest BCUT2D eigenvalue weighted by molar-refractivity contribution is -0.156. The summed E-state index contributed by atoms with van der Waals surface area (Å²) >= 11 is 0. The maximum atomic E-state index is 12.8. The average molecular weight is 525 g/mol. The van der Waals surface area contributed by atoms with Crippen molar-refractivity contribution in [3.63, 3.8) is 0 Å². The predicted octanol–water partition coefficient (Wildman–Crippen LogP) is 4.09. The van der Waals surface area contributed by atoms with Gasteiger partial charge in [-0.25, -0.2) is 4.79 Å². The molecule has 0 bridgehead atoms. The zero-order chi connectivity index (χ0) is 27.7. The van der Waals surface area contributed by atoms with Crippen molar-refractivity contribution in [1.29, 1.82) is 0 Å². The van der Waals surface area contributed by atoms with Crippen LogP contribution in [0.3, 0.4) is 0 Å². The van der Waals surface area contributed by atoms with E-state index >= 15 is 0 Å². The van der Waals surface area contributed by atoms with Gasteiger partial charge in [0.2, 0.25) is 5.91 Å². The minimum absolute atomic E-state index is 0.0460. The Morgan fingerprint density at radius 3 is 2.08 bits per heavy atom. The number of esters is 2. The maximum absolute atomic E-state index is 12.8. The fraction of sp³-hybridized carbons (Fsp3) is 0.448. The molecule has 0 heterocycles. The molecule has 0 saturated carbocycles. The van der Waals surface area contributed by atoms with Gasteiger partial charge in [0.25, 0.3) is 0 Å². The second-order valence-corrected chi connectivity index (χ2v) is 10.1. The fourth-order valence-corrected chi connectivity index (χ4v) is 4.21. The first-order valence-electron chi connectivity index (χ1n) is 12.9. The molecule has 0 unspecified atom stereocenters. The SMILES string of the molecule is CCCCOC(=O)CNC(=O)[C@@H](CC(=O)OC(C)(C)C)NC(=O)OCC1c2ccccc2-c2ccccc21. The zero-order valence-electron chi connectivity index (χ0n) is 22.4. The van der Waals surface area contributed by atoms with Crippen LogP contribution in [0.2, 0.25) is 0 Å². The molecule has 0 radical (unpaired) electrons. The summed E-state index contributed by atoms with van der Waals surface area (Å²) in [4.78, 5) is 49.9. The molecule has 2 amide bonds. The number of fused-ring (bicyclic) bond motifs is 3. The molecule has 1 aliphatic carbocycles. The van der Waals surface area contributed by atoms with Crippen LogP contribution in [0.4, 0.5) is 4.79 Å². The minimum Gasteiger partial charge on any atom is -0.464 e. The normalized spacial score (nSPS) is 13.1. The molecule has 9 heteroatoms. The van der Waals surface area contributed by atoms with Gasteiger partial charge in [-0.15, -0.1) is 0 Å². The van der Waals surface area contributed by atoms with Gasteiger partial charge in [0.15, 0.2) is 0 Å². The summed E-state index contributed by atoms with van der Waals surface area (Å²) in [6, 6.07) is 14.6. The number of benzene rings is 2. The molecule has 2 aromatic carbocycles. The number of alkyl carbamates (subject to hydrolysis) is 1. The van der Waals surface area contributed by atoms with E-state index in [1.54, 1.807) is 20.8 Å². The van der Waals surface area contributed by atoms with Gasteiger partial charge < -0.3 is 24.8 Å². The molecule has 2 aromatic rings. The second-order valence-electron chi connectivity index (χ2n) is 10.1. The second kappa shape index (κ2) is 13.1. The predicted molar refractivity (Wildman–Crippen MR) is 141 cm³/mol. The highest BCUT2D eigenvalue weighted by molar-refractivity contribution is 5.91. The van der Waals surface area contributed by atoms with Crippen LogP contribution in [-0.4, -0.2) is 55.3 Å². The number of carbonyl (C=O) groups is 4. The quantitative estimate of drug-likeness (QED) is 0.258. The highest BCUT2D eigenvalue weighted by atomic mass is 16.6. The molecular formula is C29H36N2O7. The Morgan fingerprint density at radius 2 is 1.50 bits per heavy atom. The molecule has 3 rings (SSSR count). The first kappa shape index (κ1) is 28.7. The first-order valence-corrected chi connectivity index (χ1v) is 12.9. The topological polar surface area (TPSA) is 120 Å². The molecule has 1 aliphatic rings. The molecule has 1 atom stereocenters. The summed E-state index contributed by atoms with van der Waals surface area (Å²) in [7, 11) is 0. The molecule has 0 saturated heterocycles. The Labute approximate surface area is 223 Å². The van der Waals surface area contributed by atoms with Crippen LogP contribution in [0.1, 0.15) is 64.0 Å². The summed E-state index contributed by atoms with van der Waals surface area (Å²) in [5.41, 5.74) is 3.50. The van der Waals surface area contributed by atoms with Crippen molar-refractivity contribution in [3.8, 4) is 11.1 Å². The van der Waals surface area contributed by atoms with Crippen molar-refractivity contribution in [1.82, 2.24) is 10.6 Å². The van der Waals surface area contributed by atoms with Gasteiger partial charge in [0.05, 0.1) is 13.0 Å². The summed E-state index contributed by atoms with van der Waals surface area (Å²) in [5.74, 6) is -2.17. The molecular weight excluding hydrogens is 488 g/mol. The number of amides is 2. The van der Waals surface area contributed by atoms with Crippen LogP contribution in [0, 0.1) is 0 Å². The molecule has 204 valence electrons. The van der Waals surface area contributed by atoms with E-state index in [1.165, 1.54) is 0 Å². The Morgan fingerprint density at radius 1 is 0.895 bits per heavy atom. The Hall–Kier alpha value is -3.88. The van der Waals surface area contributed by atoms with Crippen molar-refractivity contribution in [2.75, 3.05) is 19.8 Å². The third-order valence-electron chi connectivity index (χ3n) is 5.91. The summed E-state index contributed by atoms with van der Waals surface area (Å²) in [6.45, 7) is 6.97. The van der Waals surface area contributed by atoms with E-state index in [-0.39, 0.29) is 25.7 Å². The standard InChI is InChI=1S/C29H36N2O7/c1-5-6-15-36-26(33)17-30-27(34)24(16-25(32)38-29(2,3)4)31-28(35)37-18-23-21-13-9-7-11-19(21)20-12-8-10-14-22(20)23/h7-14,23-24H,5-6,15-18H2,1-4H3,(H,30,34)(H,31,35)/t24-/m1/s1. The monoisotopic (exact) mass is 524 g/mol. The van der Waals surface area contributed by atoms with E-state index in [4.69, 9.17) is 14.2 Å². The molecule has 0 aliphatic heterocycles. The lowest BCUT2D eigenvalue weighted by Gasteiger charge is -2.23. The van der Waals surface area contributed by atoms with Gasteiger partial charge in [-0.05, 0) is 49.4 Å². The van der Waals surface area contributed by atoms with Crippen LogP contribution in [0.5, 0.6) is 0 Å². The number of hydrogen-bond acceptors (Lipinski definition) is 7. The Balaban J connectivity index is 1.63. The smallest absolute Gasteiger partial charge is 0.407 e. The Bertz CT molecular complexity index is 1110. The van der Waals surface area contributed by atoms with Gasteiger partial charge in [0.1, 0.15) is 24.8 Å². The third kappa shape index (κ3) is 8.06. The number of unbranched alkanes of at least 4 members (excludes halogenated alkanes) is 1. The Kier molecular flexibility index (Phi) is 9.87. The van der Waals surface area contributed by atoms with E-state index in [0.717, 1.165) is 28.7 Å². The van der Waals surface area contributed by atoms with E-state index in [1.807, 2.05) is 55.5 Å². The van der Waals surface area contributed by atoms with E-state index in [9.17, 15) is 19.2 Å². The molecule has 0 fully saturated rings. The molecule has 0 spiro atoms. The van der Waals surface area contributed by atoms with E-state index < -0.39 is 42.0 Å². The van der Waals surface area contributed by atoms with Gasteiger partial charge in [0, 0.05) is 5.92 Å². The van der Waals surface area contributed by atoms with Crippen molar-refractivity contribution in [2.45, 2.75) is 64.5 Å². The van der Waals surface area contributed by atoms with Crippen molar-refractivity contribution >= 4 is 23.9 Å². The summed E-state index contributed by atoms with van der Waals surface area (Å²) in [5, 5.41) is 4.87. The van der Waals surface area contributed by atoms with Gasteiger partial charge in [-0.1, -0.05) is 61.9 Å².